The molecule has 19 heavy (non-hydrogen) atoms. The van der Waals surface area contributed by atoms with E-state index in [1.807, 2.05) is 30.0 Å². The van der Waals surface area contributed by atoms with Gasteiger partial charge >= 0.3 is 0 Å². The lowest BCUT2D eigenvalue weighted by molar-refractivity contribution is -0.127. The highest BCUT2D eigenvalue weighted by molar-refractivity contribution is 5.79. The summed E-state index contributed by atoms with van der Waals surface area (Å²) in [5.41, 5.74) is 1.21. The zero-order valence-electron chi connectivity index (χ0n) is 11.5. The summed E-state index contributed by atoms with van der Waals surface area (Å²) in [6.45, 7) is 8.01. The molecule has 1 heterocycles. The summed E-state index contributed by atoms with van der Waals surface area (Å²) < 4.78 is 5.48. The third-order valence-electron chi connectivity index (χ3n) is 3.46. The molecule has 0 bridgehead atoms. The predicted octanol–water partition coefficient (Wildman–Crippen LogP) is 2.66. The van der Waals surface area contributed by atoms with Crippen LogP contribution in [0, 0.1) is 5.92 Å². The third kappa shape index (κ3) is 3.60. The molecule has 1 fully saturated rings. The summed E-state index contributed by atoms with van der Waals surface area (Å²) in [4.78, 5) is 13.7. The van der Waals surface area contributed by atoms with Gasteiger partial charge in [0.2, 0.25) is 5.91 Å². The average Bonchev–Trinajstić information content (AvgIpc) is 2.78. The van der Waals surface area contributed by atoms with Crippen LogP contribution in [0.3, 0.4) is 0 Å². The topological polar surface area (TPSA) is 29.5 Å². The molecule has 102 valence electrons. The van der Waals surface area contributed by atoms with Crippen molar-refractivity contribution in [3.63, 3.8) is 0 Å². The lowest BCUT2D eigenvalue weighted by atomic mass is 10.1. The SMILES string of the molecule is C=CC1CC(=O)N(CCc2cccc(OCC)c2)C1. The number of likely N-dealkylation sites (tertiary alicyclic amines) is 1. The molecule has 0 aromatic heterocycles. The van der Waals surface area contributed by atoms with E-state index in [2.05, 4.69) is 18.7 Å². The van der Waals surface area contributed by atoms with Crippen LogP contribution < -0.4 is 4.74 Å². The summed E-state index contributed by atoms with van der Waals surface area (Å²) in [6.07, 6.45) is 3.37. The predicted molar refractivity (Wildman–Crippen MR) is 76.2 cm³/mol. The monoisotopic (exact) mass is 259 g/mol. The van der Waals surface area contributed by atoms with Crippen LogP contribution in [-0.2, 0) is 11.2 Å². The van der Waals surface area contributed by atoms with Crippen LogP contribution in [0.4, 0.5) is 0 Å². The second-order valence-electron chi connectivity index (χ2n) is 4.87. The highest BCUT2D eigenvalue weighted by Crippen LogP contribution is 2.19. The fourth-order valence-electron chi connectivity index (χ4n) is 2.40. The zero-order chi connectivity index (χ0) is 13.7. The Balaban J connectivity index is 1.90. The van der Waals surface area contributed by atoms with E-state index in [1.54, 1.807) is 0 Å². The minimum atomic E-state index is 0.242. The molecule has 0 aliphatic carbocycles. The summed E-state index contributed by atoms with van der Waals surface area (Å²) >= 11 is 0. The molecule has 1 aliphatic heterocycles. The number of ether oxygens (including phenoxy) is 1. The molecule has 1 aliphatic rings. The van der Waals surface area contributed by atoms with Gasteiger partial charge < -0.3 is 9.64 Å². The van der Waals surface area contributed by atoms with Crippen LogP contribution in [-0.4, -0.2) is 30.5 Å². The Hall–Kier alpha value is -1.77. The number of carbonyl (C=O) groups is 1. The Kier molecular flexibility index (Phi) is 4.61. The van der Waals surface area contributed by atoms with Gasteiger partial charge in [0.05, 0.1) is 6.61 Å². The number of rotatable bonds is 6. The average molecular weight is 259 g/mol. The van der Waals surface area contributed by atoms with Gasteiger partial charge in [0.15, 0.2) is 0 Å². The van der Waals surface area contributed by atoms with Gasteiger partial charge in [-0.3, -0.25) is 4.79 Å². The third-order valence-corrected chi connectivity index (χ3v) is 3.46. The van der Waals surface area contributed by atoms with Gasteiger partial charge in [-0.25, -0.2) is 0 Å². The lowest BCUT2D eigenvalue weighted by Crippen LogP contribution is -2.27. The second-order valence-corrected chi connectivity index (χ2v) is 4.87. The van der Waals surface area contributed by atoms with Crippen molar-refractivity contribution in [3.8, 4) is 5.75 Å². The van der Waals surface area contributed by atoms with Gasteiger partial charge in [-0.15, -0.1) is 6.58 Å². The maximum absolute atomic E-state index is 11.8. The first-order valence-corrected chi connectivity index (χ1v) is 6.85. The van der Waals surface area contributed by atoms with Crippen molar-refractivity contribution in [2.24, 2.45) is 5.92 Å². The fourth-order valence-corrected chi connectivity index (χ4v) is 2.40. The molecule has 0 N–H and O–H groups in total. The maximum atomic E-state index is 11.8. The lowest BCUT2D eigenvalue weighted by Gasteiger charge is -2.16. The molecule has 1 aromatic carbocycles. The van der Waals surface area contributed by atoms with Gasteiger partial charge in [-0.1, -0.05) is 18.2 Å². The first-order chi connectivity index (χ1) is 9.22. The van der Waals surface area contributed by atoms with E-state index in [0.29, 0.717) is 18.9 Å². The Labute approximate surface area is 114 Å². The summed E-state index contributed by atoms with van der Waals surface area (Å²) in [6, 6.07) is 8.09. The van der Waals surface area contributed by atoms with Crippen molar-refractivity contribution >= 4 is 5.91 Å². The molecule has 2 rings (SSSR count). The Morgan fingerprint density at radius 1 is 1.53 bits per heavy atom. The number of nitrogens with zero attached hydrogens (tertiary/aromatic N) is 1. The van der Waals surface area contributed by atoms with E-state index < -0.39 is 0 Å². The van der Waals surface area contributed by atoms with Crippen molar-refractivity contribution in [1.82, 2.24) is 4.90 Å². The normalized spacial score (nSPS) is 18.7. The van der Waals surface area contributed by atoms with E-state index in [4.69, 9.17) is 4.74 Å². The molecule has 1 saturated heterocycles. The van der Waals surface area contributed by atoms with Crippen LogP contribution >= 0.6 is 0 Å². The van der Waals surface area contributed by atoms with Gasteiger partial charge in [0.1, 0.15) is 5.75 Å². The van der Waals surface area contributed by atoms with Crippen molar-refractivity contribution < 1.29 is 9.53 Å². The largest absolute Gasteiger partial charge is 0.494 e. The summed E-state index contributed by atoms with van der Waals surface area (Å²) in [7, 11) is 0. The number of hydrogen-bond acceptors (Lipinski definition) is 2. The smallest absolute Gasteiger partial charge is 0.223 e. The van der Waals surface area contributed by atoms with Gasteiger partial charge in [0.25, 0.3) is 0 Å². The van der Waals surface area contributed by atoms with Crippen LogP contribution in [0.1, 0.15) is 18.9 Å². The highest BCUT2D eigenvalue weighted by Gasteiger charge is 2.26. The van der Waals surface area contributed by atoms with E-state index in [1.165, 1.54) is 5.56 Å². The van der Waals surface area contributed by atoms with Crippen LogP contribution in [0.25, 0.3) is 0 Å². The van der Waals surface area contributed by atoms with Gasteiger partial charge in [0, 0.05) is 25.4 Å². The molecule has 0 radical (unpaired) electrons. The van der Waals surface area contributed by atoms with E-state index in [0.717, 1.165) is 25.3 Å². The van der Waals surface area contributed by atoms with E-state index in [9.17, 15) is 4.79 Å². The van der Waals surface area contributed by atoms with Crippen molar-refractivity contribution in [1.29, 1.82) is 0 Å². The van der Waals surface area contributed by atoms with Crippen LogP contribution in [0.15, 0.2) is 36.9 Å². The molecule has 0 saturated carbocycles. The highest BCUT2D eigenvalue weighted by atomic mass is 16.5. The van der Waals surface area contributed by atoms with E-state index >= 15 is 0 Å². The molecule has 1 atom stereocenters. The zero-order valence-corrected chi connectivity index (χ0v) is 11.5. The summed E-state index contributed by atoms with van der Waals surface area (Å²) in [5.74, 6) is 1.46. The molecule has 0 spiro atoms. The first kappa shape index (κ1) is 13.7. The van der Waals surface area contributed by atoms with Crippen molar-refractivity contribution in [3.05, 3.63) is 42.5 Å². The van der Waals surface area contributed by atoms with E-state index in [-0.39, 0.29) is 5.91 Å². The second kappa shape index (κ2) is 6.41. The van der Waals surface area contributed by atoms with Crippen LogP contribution in [0.5, 0.6) is 5.75 Å². The number of carbonyl (C=O) groups excluding carboxylic acids is 1. The molecular formula is C16H21NO2. The Bertz CT molecular complexity index is 456. The molecule has 3 nitrogen and oxygen atoms in total. The number of amides is 1. The molecule has 1 unspecified atom stereocenters. The van der Waals surface area contributed by atoms with Gasteiger partial charge in [-0.05, 0) is 31.0 Å². The Morgan fingerprint density at radius 3 is 3.05 bits per heavy atom. The van der Waals surface area contributed by atoms with Crippen molar-refractivity contribution in [2.45, 2.75) is 19.8 Å². The fraction of sp³-hybridized carbons (Fsp3) is 0.438. The Morgan fingerprint density at radius 2 is 2.37 bits per heavy atom. The number of benzene rings is 1. The number of hydrogen-bond donors (Lipinski definition) is 0. The minimum absolute atomic E-state index is 0.242. The molecule has 1 amide bonds. The van der Waals surface area contributed by atoms with Crippen molar-refractivity contribution in [2.75, 3.05) is 19.7 Å². The minimum Gasteiger partial charge on any atom is -0.494 e. The van der Waals surface area contributed by atoms with Gasteiger partial charge in [-0.2, -0.15) is 0 Å². The molecule has 3 heteroatoms. The van der Waals surface area contributed by atoms with Crippen LogP contribution in [0.2, 0.25) is 0 Å². The standard InChI is InChI=1S/C16H21NO2/c1-3-13-11-16(18)17(12-13)9-8-14-6-5-7-15(10-14)19-4-2/h3,5-7,10,13H,1,4,8-9,11-12H2,2H3. The summed E-state index contributed by atoms with van der Waals surface area (Å²) in [5, 5.41) is 0. The first-order valence-electron chi connectivity index (χ1n) is 6.85. The molecular weight excluding hydrogens is 238 g/mol. The quantitative estimate of drug-likeness (QED) is 0.735. The molecule has 1 aromatic rings. The maximum Gasteiger partial charge on any atom is 0.223 e.